The number of anilines is 1. The summed E-state index contributed by atoms with van der Waals surface area (Å²) in [6.07, 6.45) is 9.43. The predicted octanol–water partition coefficient (Wildman–Crippen LogP) is 4.67. The van der Waals surface area contributed by atoms with Crippen LogP contribution in [-0.2, 0) is 21.4 Å². The maximum atomic E-state index is 14.0. The Balaban J connectivity index is 1.40. The molecule has 0 radical (unpaired) electrons. The minimum absolute atomic E-state index is 0.0259. The first-order valence-corrected chi connectivity index (χ1v) is 14.3. The number of nitrogens with zero attached hydrogens (tertiary/aromatic N) is 5. The Kier molecular flexibility index (Phi) is 7.68. The van der Waals surface area contributed by atoms with E-state index in [1.807, 2.05) is 0 Å². The van der Waals surface area contributed by atoms with E-state index in [1.54, 1.807) is 42.7 Å². The van der Waals surface area contributed by atoms with Crippen molar-refractivity contribution < 1.29 is 22.0 Å². The second-order valence-corrected chi connectivity index (χ2v) is 11.7. The van der Waals surface area contributed by atoms with Crippen molar-refractivity contribution in [3.63, 3.8) is 0 Å². The number of halogens is 2. The van der Waals surface area contributed by atoms with E-state index in [-0.39, 0.29) is 19.5 Å². The van der Waals surface area contributed by atoms with Crippen LogP contribution in [0.25, 0.3) is 0 Å². The van der Waals surface area contributed by atoms with Gasteiger partial charge >= 0.3 is 0 Å². The molecule has 11 heteroatoms. The van der Waals surface area contributed by atoms with Crippen LogP contribution in [0, 0.1) is 23.0 Å². The number of amides is 1. The van der Waals surface area contributed by atoms with Crippen LogP contribution < -0.4 is 4.90 Å². The number of benzene rings is 2. The van der Waals surface area contributed by atoms with Gasteiger partial charge in [0.05, 0.1) is 34.6 Å². The molecular weight excluding hydrogens is 524 g/mol. The van der Waals surface area contributed by atoms with Crippen LogP contribution in [0.15, 0.2) is 59.8 Å². The van der Waals surface area contributed by atoms with Crippen molar-refractivity contribution in [3.05, 3.63) is 83.4 Å². The van der Waals surface area contributed by atoms with Crippen LogP contribution in [0.1, 0.15) is 61.4 Å². The molecule has 202 valence electrons. The maximum Gasteiger partial charge on any atom is 0.245 e. The Hall–Kier alpha value is -3.75. The van der Waals surface area contributed by atoms with Gasteiger partial charge in [0.25, 0.3) is 0 Å². The maximum absolute atomic E-state index is 14.0. The van der Waals surface area contributed by atoms with Gasteiger partial charge in [-0.3, -0.25) is 14.8 Å². The van der Waals surface area contributed by atoms with Crippen molar-refractivity contribution in [3.8, 4) is 6.07 Å². The second-order valence-electron chi connectivity index (χ2n) is 9.83. The Morgan fingerprint density at radius 1 is 1.05 bits per heavy atom. The highest BCUT2D eigenvalue weighted by Gasteiger charge is 2.45. The molecule has 39 heavy (non-hydrogen) atoms. The summed E-state index contributed by atoms with van der Waals surface area (Å²) >= 11 is 0. The van der Waals surface area contributed by atoms with E-state index in [2.05, 4.69) is 9.97 Å². The van der Waals surface area contributed by atoms with Gasteiger partial charge in [0, 0.05) is 24.3 Å². The molecule has 0 N–H and O–H groups in total. The highest BCUT2D eigenvalue weighted by Crippen LogP contribution is 2.33. The van der Waals surface area contributed by atoms with Gasteiger partial charge < -0.3 is 4.90 Å². The quantitative estimate of drug-likeness (QED) is 0.422. The predicted molar refractivity (Wildman–Crippen MR) is 139 cm³/mol. The number of carbonyl (C=O) groups is 1. The summed E-state index contributed by atoms with van der Waals surface area (Å²) in [4.78, 5) is 23.8. The topological polar surface area (TPSA) is 107 Å². The van der Waals surface area contributed by atoms with Crippen LogP contribution in [0.5, 0.6) is 0 Å². The summed E-state index contributed by atoms with van der Waals surface area (Å²) in [5.74, 6) is -2.95. The summed E-state index contributed by atoms with van der Waals surface area (Å²) in [6.45, 7) is 0.104. The minimum atomic E-state index is -4.37. The van der Waals surface area contributed by atoms with Gasteiger partial charge in [0.15, 0.2) is 11.6 Å². The van der Waals surface area contributed by atoms with Gasteiger partial charge in [-0.15, -0.1) is 0 Å². The normalized spacial score (nSPS) is 18.2. The monoisotopic (exact) mass is 551 g/mol. The van der Waals surface area contributed by atoms with Gasteiger partial charge in [-0.05, 0) is 43.5 Å². The lowest BCUT2D eigenvalue weighted by Crippen LogP contribution is -2.59. The summed E-state index contributed by atoms with van der Waals surface area (Å²) in [7, 11) is -4.37. The lowest BCUT2D eigenvalue weighted by molar-refractivity contribution is -0.125. The smallest absolute Gasteiger partial charge is 0.245 e. The SMILES string of the molecule is N#Cc1cc(S(=O)(=O)N2CC[C@@H]2C(=O)N(Cc2cnc(C3CCCCC3)cn2)c2ccccc2)cc(F)c1F. The molecule has 0 bridgehead atoms. The summed E-state index contributed by atoms with van der Waals surface area (Å²) in [5, 5.41) is 9.08. The third kappa shape index (κ3) is 5.40. The number of carbonyl (C=O) groups excluding carboxylic acids is 1. The third-order valence-corrected chi connectivity index (χ3v) is 9.27. The van der Waals surface area contributed by atoms with Crippen molar-refractivity contribution in [1.29, 1.82) is 5.26 Å². The molecule has 0 spiro atoms. The molecule has 8 nitrogen and oxygen atoms in total. The fraction of sp³-hybridized carbons (Fsp3) is 0.357. The zero-order valence-electron chi connectivity index (χ0n) is 21.1. The van der Waals surface area contributed by atoms with E-state index in [1.165, 1.54) is 30.2 Å². The number of nitriles is 1. The molecule has 2 aromatic carbocycles. The molecule has 5 rings (SSSR count). The van der Waals surface area contributed by atoms with Crippen molar-refractivity contribution in [2.75, 3.05) is 11.4 Å². The fourth-order valence-corrected chi connectivity index (χ4v) is 6.80. The van der Waals surface area contributed by atoms with Crippen molar-refractivity contribution in [2.24, 2.45) is 0 Å². The average Bonchev–Trinajstić information content (AvgIpc) is 2.93. The summed E-state index contributed by atoms with van der Waals surface area (Å²) < 4.78 is 55.4. The molecule has 1 aliphatic heterocycles. The highest BCUT2D eigenvalue weighted by atomic mass is 32.2. The molecule has 1 aliphatic carbocycles. The van der Waals surface area contributed by atoms with Crippen LogP contribution in [0.2, 0.25) is 0 Å². The van der Waals surface area contributed by atoms with E-state index in [9.17, 15) is 22.0 Å². The number of rotatable bonds is 7. The summed E-state index contributed by atoms with van der Waals surface area (Å²) in [6, 6.07) is 10.6. The first-order chi connectivity index (χ1) is 18.8. The van der Waals surface area contributed by atoms with Crippen molar-refractivity contribution in [2.45, 2.75) is 61.9 Å². The van der Waals surface area contributed by atoms with E-state index in [0.29, 0.717) is 23.4 Å². The molecule has 3 aromatic rings. The lowest BCUT2D eigenvalue weighted by atomic mass is 9.87. The van der Waals surface area contributed by atoms with Gasteiger partial charge in [-0.25, -0.2) is 17.2 Å². The van der Waals surface area contributed by atoms with Gasteiger partial charge in [0.2, 0.25) is 15.9 Å². The molecular formula is C28H27F2N5O3S. The summed E-state index contributed by atoms with van der Waals surface area (Å²) in [5.41, 5.74) is 1.33. The van der Waals surface area contributed by atoms with Crippen LogP contribution in [0.4, 0.5) is 14.5 Å². The molecule has 1 saturated carbocycles. The Labute approximate surface area is 226 Å². The Bertz CT molecular complexity index is 1500. The van der Waals surface area contributed by atoms with E-state index in [0.717, 1.165) is 28.9 Å². The van der Waals surface area contributed by atoms with Crippen molar-refractivity contribution >= 4 is 21.6 Å². The standard InChI is InChI=1S/C28H27F2N5O3S/c29-24-14-23(13-20(15-31)27(24)30)39(37,38)35-12-11-26(35)28(36)34(22-9-5-2-6-10-22)18-21-16-33-25(17-32-21)19-7-3-1-4-8-19/h2,5-6,9-10,13-14,16-17,19,26H,1,3-4,7-8,11-12,18H2/t26-/m1/s1. The minimum Gasteiger partial charge on any atom is -0.305 e. The van der Waals surface area contributed by atoms with Crippen molar-refractivity contribution in [1.82, 2.24) is 14.3 Å². The molecule has 0 unspecified atom stereocenters. The Morgan fingerprint density at radius 3 is 2.41 bits per heavy atom. The largest absolute Gasteiger partial charge is 0.305 e. The third-order valence-electron chi connectivity index (χ3n) is 7.39. The van der Waals surface area contributed by atoms with Crippen LogP contribution in [0.3, 0.4) is 0 Å². The zero-order chi connectivity index (χ0) is 27.6. The van der Waals surface area contributed by atoms with Gasteiger partial charge in [-0.1, -0.05) is 37.5 Å². The number of hydrogen-bond donors (Lipinski definition) is 0. The lowest BCUT2D eigenvalue weighted by Gasteiger charge is -2.41. The molecule has 1 atom stereocenters. The average molecular weight is 552 g/mol. The molecule has 1 amide bonds. The molecule has 2 heterocycles. The van der Waals surface area contributed by atoms with Crippen LogP contribution in [-0.4, -0.2) is 41.2 Å². The number of sulfonamides is 1. The molecule has 1 aromatic heterocycles. The molecule has 2 fully saturated rings. The number of hydrogen-bond acceptors (Lipinski definition) is 6. The van der Waals surface area contributed by atoms with E-state index >= 15 is 0 Å². The van der Waals surface area contributed by atoms with E-state index in [4.69, 9.17) is 5.26 Å². The highest BCUT2D eigenvalue weighted by molar-refractivity contribution is 7.89. The van der Waals surface area contributed by atoms with Crippen LogP contribution >= 0.6 is 0 Å². The van der Waals surface area contributed by atoms with Gasteiger partial charge in [-0.2, -0.15) is 9.57 Å². The second kappa shape index (κ2) is 11.2. The first-order valence-electron chi connectivity index (χ1n) is 12.9. The Morgan fingerprint density at radius 2 is 1.79 bits per heavy atom. The number of aromatic nitrogens is 2. The first kappa shape index (κ1) is 26.8. The van der Waals surface area contributed by atoms with Gasteiger partial charge in [0.1, 0.15) is 12.1 Å². The number of para-hydroxylation sites is 1. The zero-order valence-corrected chi connectivity index (χ0v) is 21.9. The molecule has 1 saturated heterocycles. The fourth-order valence-electron chi connectivity index (χ4n) is 5.13. The molecule has 2 aliphatic rings. The van der Waals surface area contributed by atoms with E-state index < -0.39 is 44.1 Å².